The Morgan fingerprint density at radius 2 is 1.62 bits per heavy atom. The molecule has 128 valence electrons. The van der Waals surface area contributed by atoms with E-state index >= 15 is 0 Å². The van der Waals surface area contributed by atoms with Gasteiger partial charge in [0.1, 0.15) is 11.6 Å². The lowest BCUT2D eigenvalue weighted by molar-refractivity contribution is -0.137. The number of aromatic nitrogens is 1. The monoisotopic (exact) mass is 355 g/mol. The van der Waals surface area contributed by atoms with Crippen molar-refractivity contribution < 1.29 is 18.3 Å². The van der Waals surface area contributed by atoms with E-state index in [0.29, 0.717) is 22.8 Å². The molecule has 1 aromatic heterocycles. The van der Waals surface area contributed by atoms with Gasteiger partial charge in [0.25, 0.3) is 0 Å². The number of hydrogen-bond donors (Lipinski definition) is 3. The topological polar surface area (TPSA) is 57.2 Å². The highest BCUT2D eigenvalue weighted by Gasteiger charge is 2.29. The zero-order valence-corrected chi connectivity index (χ0v) is 14.1. The lowest BCUT2D eigenvalue weighted by Gasteiger charge is -2.15. The second-order valence-electron chi connectivity index (χ2n) is 5.30. The zero-order valence-electron chi connectivity index (χ0n) is 13.2. The normalized spacial score (nSPS) is 11.2. The minimum atomic E-state index is -4.38. The fourth-order valence-electron chi connectivity index (χ4n) is 2.07. The number of halogens is 3. The van der Waals surface area contributed by atoms with Crippen LogP contribution in [-0.2, 0) is 6.18 Å². The van der Waals surface area contributed by atoms with Gasteiger partial charge < -0.3 is 15.7 Å². The molecule has 8 heteroatoms. The summed E-state index contributed by atoms with van der Waals surface area (Å²) in [6.07, 6.45) is -4.38. The summed E-state index contributed by atoms with van der Waals surface area (Å²) in [6, 6.07) is 4.54. The van der Waals surface area contributed by atoms with Crippen molar-refractivity contribution in [1.29, 1.82) is 0 Å². The molecule has 0 radical (unpaired) electrons. The van der Waals surface area contributed by atoms with Gasteiger partial charge in [-0.15, -0.1) is 0 Å². The second kappa shape index (κ2) is 6.64. The van der Waals surface area contributed by atoms with E-state index in [9.17, 15) is 18.3 Å². The summed E-state index contributed by atoms with van der Waals surface area (Å²) in [6.45, 7) is 5.21. The molecule has 0 amide bonds. The smallest absolute Gasteiger partial charge is 0.416 e. The molecule has 24 heavy (non-hydrogen) atoms. The molecule has 0 spiro atoms. The first-order valence-corrected chi connectivity index (χ1v) is 7.42. The van der Waals surface area contributed by atoms with E-state index in [2.05, 4.69) is 15.6 Å². The molecule has 0 aliphatic rings. The largest absolute Gasteiger partial charge is 0.506 e. The number of anilines is 2. The number of hydrogen-bond acceptors (Lipinski definition) is 3. The van der Waals surface area contributed by atoms with Crippen LogP contribution in [0, 0.1) is 20.8 Å². The van der Waals surface area contributed by atoms with Gasteiger partial charge in [-0.1, -0.05) is 0 Å². The first kappa shape index (κ1) is 18.0. The highest BCUT2D eigenvalue weighted by Crippen LogP contribution is 2.30. The lowest BCUT2D eigenvalue weighted by Crippen LogP contribution is -2.21. The van der Waals surface area contributed by atoms with Crippen LogP contribution in [0.25, 0.3) is 0 Å². The van der Waals surface area contributed by atoms with E-state index in [1.807, 2.05) is 0 Å². The van der Waals surface area contributed by atoms with Crippen LogP contribution in [0.2, 0.25) is 0 Å². The fraction of sp³-hybridized carbons (Fsp3) is 0.250. The van der Waals surface area contributed by atoms with Crippen molar-refractivity contribution in [3.8, 4) is 5.75 Å². The molecule has 0 unspecified atom stereocenters. The number of pyridine rings is 1. The summed E-state index contributed by atoms with van der Waals surface area (Å²) in [5.41, 5.74) is 1.56. The third-order valence-electron chi connectivity index (χ3n) is 3.60. The zero-order chi connectivity index (χ0) is 18.1. The minimum absolute atomic E-state index is 0.125. The highest BCUT2D eigenvalue weighted by molar-refractivity contribution is 7.80. The van der Waals surface area contributed by atoms with Crippen LogP contribution in [-0.4, -0.2) is 15.2 Å². The fourth-order valence-corrected chi connectivity index (χ4v) is 2.28. The van der Waals surface area contributed by atoms with Crippen LogP contribution in [0.15, 0.2) is 24.3 Å². The van der Waals surface area contributed by atoms with Crippen LogP contribution in [0.4, 0.5) is 24.7 Å². The number of aryl methyl sites for hydroxylation is 1. The molecular weight excluding hydrogens is 339 g/mol. The van der Waals surface area contributed by atoms with Crippen LogP contribution in [0.3, 0.4) is 0 Å². The summed E-state index contributed by atoms with van der Waals surface area (Å²) in [5.74, 6) is 0.604. The maximum Gasteiger partial charge on any atom is 0.416 e. The molecule has 0 saturated carbocycles. The Kier molecular flexibility index (Phi) is 4.98. The molecule has 1 aromatic carbocycles. The SMILES string of the molecule is Cc1nc(NC(=S)Nc2ccc(C(F)(F)F)cc2)c(C)c(C)c1O. The number of rotatable bonds is 2. The van der Waals surface area contributed by atoms with Gasteiger partial charge in [0.15, 0.2) is 5.11 Å². The van der Waals surface area contributed by atoms with Gasteiger partial charge in [-0.05, 0) is 68.4 Å². The predicted octanol–water partition coefficient (Wildman–Crippen LogP) is 4.54. The van der Waals surface area contributed by atoms with E-state index in [1.54, 1.807) is 20.8 Å². The molecular formula is C16H16F3N3OS. The molecule has 4 nitrogen and oxygen atoms in total. The Balaban J connectivity index is 2.12. The van der Waals surface area contributed by atoms with E-state index < -0.39 is 11.7 Å². The van der Waals surface area contributed by atoms with E-state index in [1.165, 1.54) is 12.1 Å². The van der Waals surface area contributed by atoms with Gasteiger partial charge in [0, 0.05) is 5.69 Å². The Morgan fingerprint density at radius 3 is 2.17 bits per heavy atom. The van der Waals surface area contributed by atoms with Gasteiger partial charge >= 0.3 is 6.18 Å². The van der Waals surface area contributed by atoms with E-state index in [-0.39, 0.29) is 10.9 Å². The minimum Gasteiger partial charge on any atom is -0.506 e. The van der Waals surface area contributed by atoms with Crippen LogP contribution < -0.4 is 10.6 Å². The summed E-state index contributed by atoms with van der Waals surface area (Å²) in [7, 11) is 0. The molecule has 0 atom stereocenters. The quantitative estimate of drug-likeness (QED) is 0.691. The Morgan fingerprint density at radius 1 is 1.04 bits per heavy atom. The van der Waals surface area contributed by atoms with Crippen molar-refractivity contribution in [1.82, 2.24) is 4.98 Å². The van der Waals surface area contributed by atoms with Crippen molar-refractivity contribution in [2.24, 2.45) is 0 Å². The number of alkyl halides is 3. The Hall–Kier alpha value is -2.35. The first-order valence-electron chi connectivity index (χ1n) is 7.01. The number of aromatic hydroxyl groups is 1. The van der Waals surface area contributed by atoms with Gasteiger partial charge in [-0.2, -0.15) is 13.2 Å². The average molecular weight is 355 g/mol. The summed E-state index contributed by atoms with van der Waals surface area (Å²) in [5, 5.41) is 15.7. The molecule has 1 heterocycles. The standard InChI is InChI=1S/C16H16F3N3OS/c1-8-9(2)14(20-10(3)13(8)23)22-15(24)21-12-6-4-11(5-7-12)16(17,18)19/h4-7,23H,1-3H3,(H2,20,21,22,24). The van der Waals surface area contributed by atoms with E-state index in [0.717, 1.165) is 17.7 Å². The number of nitrogens with one attached hydrogen (secondary N) is 2. The predicted molar refractivity (Wildman–Crippen MR) is 91.4 cm³/mol. The first-order chi connectivity index (χ1) is 11.1. The molecule has 2 rings (SSSR count). The number of thiocarbonyl (C=S) groups is 1. The van der Waals surface area contributed by atoms with Gasteiger partial charge in [0.05, 0.1) is 11.3 Å². The molecule has 0 aliphatic heterocycles. The third kappa shape index (κ3) is 3.94. The van der Waals surface area contributed by atoms with Crippen molar-refractivity contribution in [3.63, 3.8) is 0 Å². The highest BCUT2D eigenvalue weighted by atomic mass is 32.1. The Labute approximate surface area is 142 Å². The molecule has 0 aliphatic carbocycles. The molecule has 0 fully saturated rings. The van der Waals surface area contributed by atoms with Crippen molar-refractivity contribution >= 4 is 28.8 Å². The summed E-state index contributed by atoms with van der Waals surface area (Å²) < 4.78 is 37.6. The van der Waals surface area contributed by atoms with Crippen LogP contribution in [0.5, 0.6) is 5.75 Å². The van der Waals surface area contributed by atoms with Gasteiger partial charge in [-0.25, -0.2) is 4.98 Å². The third-order valence-corrected chi connectivity index (χ3v) is 3.80. The van der Waals surface area contributed by atoms with Crippen molar-refractivity contribution in [2.45, 2.75) is 26.9 Å². The average Bonchev–Trinajstić information content (AvgIpc) is 2.50. The van der Waals surface area contributed by atoms with Crippen LogP contribution in [0.1, 0.15) is 22.4 Å². The van der Waals surface area contributed by atoms with Crippen molar-refractivity contribution in [2.75, 3.05) is 10.6 Å². The number of benzene rings is 1. The molecule has 3 N–H and O–H groups in total. The summed E-state index contributed by atoms with van der Waals surface area (Å²) in [4.78, 5) is 4.22. The molecule has 0 bridgehead atoms. The van der Waals surface area contributed by atoms with E-state index in [4.69, 9.17) is 12.2 Å². The number of nitrogens with zero attached hydrogens (tertiary/aromatic N) is 1. The molecule has 0 saturated heterocycles. The van der Waals surface area contributed by atoms with Gasteiger partial charge in [0.2, 0.25) is 0 Å². The molecule has 2 aromatic rings. The van der Waals surface area contributed by atoms with Gasteiger partial charge in [-0.3, -0.25) is 0 Å². The maximum atomic E-state index is 12.5. The Bertz CT molecular complexity index is 774. The lowest BCUT2D eigenvalue weighted by atomic mass is 10.1. The van der Waals surface area contributed by atoms with Crippen LogP contribution >= 0.6 is 12.2 Å². The van der Waals surface area contributed by atoms with Crippen molar-refractivity contribution in [3.05, 3.63) is 46.6 Å². The maximum absolute atomic E-state index is 12.5. The summed E-state index contributed by atoms with van der Waals surface area (Å²) >= 11 is 5.16. The second-order valence-corrected chi connectivity index (χ2v) is 5.71.